The minimum Gasteiger partial charge on any atom is -0.481 e. The van der Waals surface area contributed by atoms with Crippen LogP contribution < -0.4 is 31.1 Å². The van der Waals surface area contributed by atoms with Crippen molar-refractivity contribution in [2.75, 3.05) is 37.2 Å². The molecule has 1 atom stereocenters. The summed E-state index contributed by atoms with van der Waals surface area (Å²) in [6, 6.07) is 7.69. The zero-order chi connectivity index (χ0) is 38.8. The van der Waals surface area contributed by atoms with Gasteiger partial charge >= 0.3 is 11.9 Å². The molecule has 1 aromatic carbocycles. The Bertz CT molecular complexity index is 1180. The van der Waals surface area contributed by atoms with Crippen molar-refractivity contribution in [3.05, 3.63) is 29.8 Å². The summed E-state index contributed by atoms with van der Waals surface area (Å²) in [5.41, 5.74) is 4.59. The van der Waals surface area contributed by atoms with E-state index in [-0.39, 0.29) is 24.8 Å². The second-order valence-electron chi connectivity index (χ2n) is 13.1. The molecule has 50 heavy (non-hydrogen) atoms. The van der Waals surface area contributed by atoms with E-state index in [2.05, 4.69) is 52.1 Å². The molecule has 9 N–H and O–H groups in total. The van der Waals surface area contributed by atoms with Gasteiger partial charge in [-0.3, -0.25) is 28.8 Å². The molecule has 0 fully saturated rings. The maximum atomic E-state index is 12.0. The van der Waals surface area contributed by atoms with Gasteiger partial charge in [-0.05, 0) is 69.7 Å². The molecule has 0 radical (unpaired) electrons. The predicted molar refractivity (Wildman–Crippen MR) is 203 cm³/mol. The van der Waals surface area contributed by atoms with Crippen LogP contribution in [0.4, 0.5) is 5.69 Å². The summed E-state index contributed by atoms with van der Waals surface area (Å²) < 4.78 is 2.80. The van der Waals surface area contributed by atoms with Crippen LogP contribution in [-0.4, -0.2) is 77.7 Å². The lowest BCUT2D eigenvalue weighted by Crippen LogP contribution is -2.43. The summed E-state index contributed by atoms with van der Waals surface area (Å²) in [6.07, 6.45) is 5.82. The van der Waals surface area contributed by atoms with E-state index in [1.54, 1.807) is 25.8 Å². The van der Waals surface area contributed by atoms with Crippen LogP contribution in [0.3, 0.4) is 0 Å². The molecule has 0 saturated carbocycles. The van der Waals surface area contributed by atoms with E-state index in [0.29, 0.717) is 12.3 Å². The number of carbonyl (C=O) groups is 6. The van der Waals surface area contributed by atoms with E-state index in [0.717, 1.165) is 55.8 Å². The normalized spacial score (nSPS) is 11.4. The third-order valence-electron chi connectivity index (χ3n) is 7.03. The van der Waals surface area contributed by atoms with Gasteiger partial charge < -0.3 is 37.2 Å². The summed E-state index contributed by atoms with van der Waals surface area (Å²) in [4.78, 5) is 65.7. The summed E-state index contributed by atoms with van der Waals surface area (Å²) in [5.74, 6) is -1.54. The maximum absolute atomic E-state index is 12.0. The molecule has 1 aromatic rings. The number of nitrogens with two attached hydrogens (primary N) is 1. The number of benzene rings is 1. The van der Waals surface area contributed by atoms with Crippen molar-refractivity contribution >= 4 is 66.0 Å². The molecular formula is C34H60N6O8S2. The van der Waals surface area contributed by atoms with E-state index in [9.17, 15) is 28.8 Å². The molecule has 0 spiro atoms. The lowest BCUT2D eigenvalue weighted by atomic mass is 9.74. The topological polar surface area (TPSA) is 229 Å². The van der Waals surface area contributed by atoms with Crippen LogP contribution in [0.15, 0.2) is 24.3 Å². The largest absolute Gasteiger partial charge is 0.481 e. The van der Waals surface area contributed by atoms with Crippen molar-refractivity contribution in [3.63, 3.8) is 0 Å². The number of primary amides is 1. The summed E-state index contributed by atoms with van der Waals surface area (Å²) in [7, 11) is 0. The third kappa shape index (κ3) is 25.5. The van der Waals surface area contributed by atoms with Gasteiger partial charge in [0.15, 0.2) is 0 Å². The van der Waals surface area contributed by atoms with E-state index >= 15 is 0 Å². The maximum Gasteiger partial charge on any atom is 0.322 e. The Morgan fingerprint density at radius 2 is 1.48 bits per heavy atom. The van der Waals surface area contributed by atoms with Crippen molar-refractivity contribution in [2.45, 2.75) is 93.4 Å². The molecule has 14 nitrogen and oxygen atoms in total. The Balaban J connectivity index is 0. The van der Waals surface area contributed by atoms with Crippen molar-refractivity contribution in [1.82, 2.24) is 20.1 Å². The van der Waals surface area contributed by atoms with Crippen LogP contribution in [0.2, 0.25) is 0 Å². The third-order valence-corrected chi connectivity index (χ3v) is 8.28. The quantitative estimate of drug-likeness (QED) is 0.0464. The number of nitrogens with one attached hydrogen (secondary N) is 5. The van der Waals surface area contributed by atoms with Crippen LogP contribution in [0.5, 0.6) is 0 Å². The smallest absolute Gasteiger partial charge is 0.322 e. The highest BCUT2D eigenvalue weighted by molar-refractivity contribution is 8.06. The number of amides is 4. The lowest BCUT2D eigenvalue weighted by molar-refractivity contribution is -0.150. The monoisotopic (exact) mass is 744 g/mol. The SMILES string of the molecule is CC(C)(CC(C)(C)C(=O)NCC(=O)O)C(=O)O.CCCC(=O)NCC(N)=O.CCCCCNC(=O)c1ccc(NCCC(C)CSNS)cc1. The lowest BCUT2D eigenvalue weighted by Gasteiger charge is -2.30. The molecule has 0 saturated heterocycles. The van der Waals surface area contributed by atoms with Gasteiger partial charge in [-0.2, -0.15) is 0 Å². The van der Waals surface area contributed by atoms with Gasteiger partial charge in [-0.1, -0.05) is 72.2 Å². The average Bonchev–Trinajstić information content (AvgIpc) is 3.04. The first kappa shape index (κ1) is 48.6. The van der Waals surface area contributed by atoms with Crippen molar-refractivity contribution in [2.24, 2.45) is 22.5 Å². The van der Waals surface area contributed by atoms with Gasteiger partial charge in [-0.25, -0.2) is 4.13 Å². The minimum absolute atomic E-state index is 0.0116. The first-order valence-electron chi connectivity index (χ1n) is 16.7. The number of unbranched alkanes of at least 4 members (excludes halogenated alkanes) is 2. The van der Waals surface area contributed by atoms with E-state index < -0.39 is 41.1 Å². The number of hydrogen-bond acceptors (Lipinski definition) is 10. The highest BCUT2D eigenvalue weighted by Crippen LogP contribution is 2.34. The summed E-state index contributed by atoms with van der Waals surface area (Å²) in [6.45, 7) is 13.7. The molecule has 1 unspecified atom stereocenters. The number of carbonyl (C=O) groups excluding carboxylic acids is 4. The molecule has 1 rings (SSSR count). The van der Waals surface area contributed by atoms with Gasteiger partial charge in [-0.15, -0.1) is 0 Å². The Morgan fingerprint density at radius 1 is 0.860 bits per heavy atom. The zero-order valence-electron chi connectivity index (χ0n) is 30.6. The highest BCUT2D eigenvalue weighted by atomic mass is 32.2. The number of anilines is 1. The molecule has 0 heterocycles. The standard InChI is InChI=1S/C17H29N3OS2.C11H19NO5.C6H12N2O2/c1-3-4-5-11-19-17(21)15-6-8-16(9-7-15)18-12-10-14(2)13-23-20-22;1-10(2,6-11(3,4)9(16)17)8(15)12-5-7(13)14;1-2-3-6(10)8-4-5(7)9/h6-9,14,18,20,22H,3-5,10-13H2,1-2H3,(H,19,21);5-6H2,1-4H3,(H,12,15)(H,13,14)(H,16,17);2-4H2,1H3,(H2,7,9)(H,8,10). The Hall–Kier alpha value is -3.50. The van der Waals surface area contributed by atoms with Crippen LogP contribution in [0.1, 0.15) is 104 Å². The molecule has 0 aliphatic carbocycles. The Labute approximate surface area is 307 Å². The molecule has 0 aliphatic heterocycles. The van der Waals surface area contributed by atoms with Gasteiger partial charge in [0.25, 0.3) is 5.91 Å². The second-order valence-corrected chi connectivity index (χ2v) is 14.4. The van der Waals surface area contributed by atoms with E-state index in [4.69, 9.17) is 15.9 Å². The number of carboxylic acids is 2. The molecule has 0 aliphatic rings. The fourth-order valence-electron chi connectivity index (χ4n) is 4.30. The average molecular weight is 745 g/mol. The summed E-state index contributed by atoms with van der Waals surface area (Å²) in [5, 5.41) is 28.4. The van der Waals surface area contributed by atoms with Crippen molar-refractivity contribution in [3.8, 4) is 0 Å². The van der Waals surface area contributed by atoms with Crippen LogP contribution >= 0.6 is 24.8 Å². The molecular weight excluding hydrogens is 685 g/mol. The van der Waals surface area contributed by atoms with Gasteiger partial charge in [0.2, 0.25) is 17.7 Å². The van der Waals surface area contributed by atoms with Crippen LogP contribution in [0, 0.1) is 16.7 Å². The number of thiol groups is 1. The zero-order valence-corrected chi connectivity index (χ0v) is 32.4. The highest BCUT2D eigenvalue weighted by Gasteiger charge is 2.38. The van der Waals surface area contributed by atoms with E-state index in [1.807, 2.05) is 31.2 Å². The number of rotatable bonds is 22. The van der Waals surface area contributed by atoms with Crippen molar-refractivity contribution < 1.29 is 39.0 Å². The predicted octanol–water partition coefficient (Wildman–Crippen LogP) is 4.23. The van der Waals surface area contributed by atoms with Crippen LogP contribution in [-0.2, 0) is 24.0 Å². The first-order chi connectivity index (χ1) is 23.3. The van der Waals surface area contributed by atoms with Crippen molar-refractivity contribution in [1.29, 1.82) is 0 Å². The molecule has 0 aromatic heterocycles. The molecule has 16 heteroatoms. The molecule has 0 bridgehead atoms. The van der Waals surface area contributed by atoms with E-state index in [1.165, 1.54) is 20.3 Å². The Kier molecular flexibility index (Phi) is 26.5. The molecule has 286 valence electrons. The number of carboxylic acid groups (broad SMARTS) is 2. The van der Waals surface area contributed by atoms with Gasteiger partial charge in [0, 0.05) is 41.9 Å². The Morgan fingerprint density at radius 3 is 1.98 bits per heavy atom. The molecule has 4 amide bonds. The van der Waals surface area contributed by atoms with Gasteiger partial charge in [0.05, 0.1) is 12.0 Å². The minimum atomic E-state index is -1.13. The number of aliphatic carboxylic acids is 2. The number of hydrogen-bond donors (Lipinski definition) is 9. The second kappa shape index (κ2) is 27.3. The summed E-state index contributed by atoms with van der Waals surface area (Å²) >= 11 is 5.58. The fourth-order valence-corrected chi connectivity index (χ4v) is 5.05. The first-order valence-corrected chi connectivity index (χ1v) is 18.2. The fraction of sp³-hybridized carbons (Fsp3) is 0.647. The van der Waals surface area contributed by atoms with Crippen LogP contribution in [0.25, 0.3) is 0 Å². The van der Waals surface area contributed by atoms with Gasteiger partial charge in [0.1, 0.15) is 6.54 Å².